The van der Waals surface area contributed by atoms with Gasteiger partial charge in [-0.25, -0.2) is 14.5 Å². The predicted molar refractivity (Wildman–Crippen MR) is 79.8 cm³/mol. The van der Waals surface area contributed by atoms with Crippen LogP contribution in [-0.2, 0) is 19.5 Å². The zero-order valence-corrected chi connectivity index (χ0v) is 13.4. The molecule has 0 aliphatic carbocycles. The molecule has 1 fully saturated rings. The van der Waals surface area contributed by atoms with E-state index < -0.39 is 44.6 Å². The minimum atomic E-state index is -4.72. The number of fused-ring (bicyclic) bond motifs is 1. The highest BCUT2D eigenvalue weighted by Gasteiger charge is 2.46. The number of ether oxygens (including phenoxy) is 1. The second-order valence-electron chi connectivity index (χ2n) is 5.73. The number of hydrogen-bond donors (Lipinski definition) is 6. The maximum Gasteiger partial charge on any atom is 0.469 e. The molecule has 0 aromatic carbocycles. The first-order valence-corrected chi connectivity index (χ1v) is 8.51. The van der Waals surface area contributed by atoms with Crippen molar-refractivity contribution >= 4 is 20.0 Å². The number of aliphatic hydroxyl groups is 2. The molecule has 2 aliphatic heterocycles. The Labute approximate surface area is 136 Å². The summed E-state index contributed by atoms with van der Waals surface area (Å²) in [7, 11) is -4.72. The van der Waals surface area contributed by atoms with Crippen LogP contribution in [0.25, 0.3) is 0 Å². The Balaban J connectivity index is 1.82. The van der Waals surface area contributed by atoms with Gasteiger partial charge in [-0.1, -0.05) is 0 Å². The van der Waals surface area contributed by atoms with Crippen molar-refractivity contribution in [3.05, 3.63) is 12.0 Å². The summed E-state index contributed by atoms with van der Waals surface area (Å²) in [4.78, 5) is 25.7. The number of nitrogens with one attached hydrogen (secondary N) is 1. The van der Waals surface area contributed by atoms with Gasteiger partial charge < -0.3 is 35.8 Å². The zero-order chi connectivity index (χ0) is 17.7. The molecule has 1 unspecified atom stereocenters. The Morgan fingerprint density at radius 3 is 2.88 bits per heavy atom. The van der Waals surface area contributed by atoms with Gasteiger partial charge in [0, 0.05) is 0 Å². The molecular formula is C11H18N5O7P. The van der Waals surface area contributed by atoms with Gasteiger partial charge in [-0.3, -0.25) is 9.09 Å². The molecule has 13 heteroatoms. The Hall–Kier alpha value is -1.37. The van der Waals surface area contributed by atoms with E-state index in [1.165, 1.54) is 17.2 Å². The minimum absolute atomic E-state index is 0.421. The Morgan fingerprint density at radius 2 is 2.21 bits per heavy atom. The molecule has 134 valence electrons. The minimum Gasteiger partial charge on any atom is -0.387 e. The van der Waals surface area contributed by atoms with E-state index >= 15 is 0 Å². The van der Waals surface area contributed by atoms with Crippen LogP contribution in [0, 0.1) is 0 Å². The van der Waals surface area contributed by atoms with Crippen LogP contribution in [-0.4, -0.2) is 60.8 Å². The molecular weight excluding hydrogens is 345 g/mol. The average Bonchev–Trinajstić information content (AvgIpc) is 3.00. The smallest absolute Gasteiger partial charge is 0.387 e. The van der Waals surface area contributed by atoms with Gasteiger partial charge in [-0.15, -0.1) is 0 Å². The summed E-state index contributed by atoms with van der Waals surface area (Å²) in [5.74, 6) is 0.433. The van der Waals surface area contributed by atoms with Crippen LogP contribution < -0.4 is 11.1 Å². The third kappa shape index (κ3) is 3.10. The highest BCUT2D eigenvalue weighted by Crippen LogP contribution is 2.40. The summed E-state index contributed by atoms with van der Waals surface area (Å²) < 4.78 is 22.0. The van der Waals surface area contributed by atoms with Crippen molar-refractivity contribution < 1.29 is 33.8 Å². The molecule has 0 spiro atoms. The fourth-order valence-electron chi connectivity index (χ4n) is 2.62. The number of aliphatic imine (C=N–C) groups is 1. The first-order chi connectivity index (χ1) is 11.1. The normalized spacial score (nSPS) is 35.8. The highest BCUT2D eigenvalue weighted by molar-refractivity contribution is 7.46. The summed E-state index contributed by atoms with van der Waals surface area (Å²) in [6.45, 7) is 1.07. The summed E-state index contributed by atoms with van der Waals surface area (Å²) >= 11 is 0. The Kier molecular flexibility index (Phi) is 4.26. The molecule has 0 amide bonds. The van der Waals surface area contributed by atoms with E-state index in [0.29, 0.717) is 11.5 Å². The van der Waals surface area contributed by atoms with Crippen molar-refractivity contribution in [3.63, 3.8) is 0 Å². The first kappa shape index (κ1) is 17.5. The number of nitrogens with two attached hydrogens (primary N) is 1. The van der Waals surface area contributed by atoms with Crippen LogP contribution in [0.4, 0.5) is 5.82 Å². The number of rotatable bonds is 4. The van der Waals surface area contributed by atoms with Crippen molar-refractivity contribution in [2.45, 2.75) is 37.1 Å². The maximum absolute atomic E-state index is 10.8. The third-order valence-corrected chi connectivity index (χ3v) is 4.31. The van der Waals surface area contributed by atoms with Gasteiger partial charge in [0.05, 0.1) is 19.3 Å². The van der Waals surface area contributed by atoms with E-state index in [4.69, 9.17) is 20.3 Å². The lowest BCUT2D eigenvalue weighted by Gasteiger charge is -2.25. The zero-order valence-electron chi connectivity index (χ0n) is 12.6. The lowest BCUT2D eigenvalue weighted by atomic mass is 10.1. The molecule has 24 heavy (non-hydrogen) atoms. The molecule has 1 aromatic rings. The molecule has 0 radical (unpaired) electrons. The van der Waals surface area contributed by atoms with Crippen molar-refractivity contribution in [1.82, 2.24) is 9.55 Å². The number of phosphoric ester groups is 1. The van der Waals surface area contributed by atoms with E-state index in [9.17, 15) is 14.8 Å². The maximum atomic E-state index is 10.8. The summed E-state index contributed by atoms with van der Waals surface area (Å²) in [6, 6.07) is 0. The lowest BCUT2D eigenvalue weighted by molar-refractivity contribution is -0.0511. The molecule has 12 nitrogen and oxygen atoms in total. The van der Waals surface area contributed by atoms with Crippen molar-refractivity contribution in [2.75, 3.05) is 11.9 Å². The van der Waals surface area contributed by atoms with Crippen LogP contribution in [0.5, 0.6) is 0 Å². The van der Waals surface area contributed by atoms with Crippen molar-refractivity contribution in [2.24, 2.45) is 10.7 Å². The highest BCUT2D eigenvalue weighted by atomic mass is 31.2. The number of aliphatic hydroxyl groups excluding tert-OH is 2. The molecule has 2 aliphatic rings. The van der Waals surface area contributed by atoms with Gasteiger partial charge >= 0.3 is 7.82 Å². The summed E-state index contributed by atoms with van der Waals surface area (Å²) in [6.07, 6.45) is -2.19. The second kappa shape index (κ2) is 5.86. The number of nitrogens with zero attached hydrogens (tertiary/aromatic N) is 3. The van der Waals surface area contributed by atoms with Gasteiger partial charge in [0.1, 0.15) is 29.8 Å². The molecule has 5 atom stereocenters. The van der Waals surface area contributed by atoms with Gasteiger partial charge in [0.2, 0.25) is 0 Å². The number of imidazole rings is 1. The van der Waals surface area contributed by atoms with E-state index in [0.717, 1.165) is 0 Å². The van der Waals surface area contributed by atoms with Crippen LogP contribution >= 0.6 is 7.82 Å². The van der Waals surface area contributed by atoms with E-state index in [2.05, 4.69) is 19.8 Å². The molecule has 1 saturated heterocycles. The average molecular weight is 363 g/mol. The largest absolute Gasteiger partial charge is 0.469 e. The quantitative estimate of drug-likeness (QED) is 0.333. The molecule has 0 saturated carbocycles. The molecule has 0 bridgehead atoms. The van der Waals surface area contributed by atoms with Gasteiger partial charge in [0.15, 0.2) is 11.9 Å². The van der Waals surface area contributed by atoms with Crippen LogP contribution in [0.15, 0.2) is 11.3 Å². The van der Waals surface area contributed by atoms with Gasteiger partial charge in [-0.05, 0) is 6.92 Å². The molecule has 3 heterocycles. The summed E-state index contributed by atoms with van der Waals surface area (Å²) in [5.41, 5.74) is 5.38. The van der Waals surface area contributed by atoms with Gasteiger partial charge in [0.25, 0.3) is 0 Å². The SMILES string of the molecule is CC1(N)N=CNc2c1ncn2[C@@H]1O[C@H](COP(=O)(O)O)[C@@H](O)[C@H]1O. The number of phosphoric acid groups is 1. The fourth-order valence-corrected chi connectivity index (χ4v) is 2.96. The fraction of sp³-hybridized carbons (Fsp3) is 0.636. The van der Waals surface area contributed by atoms with Crippen LogP contribution in [0.3, 0.4) is 0 Å². The standard InChI is InChI=1S/C11H18N5O7P/c1-11(12)8-9(13-3-15-11)16(4-14-8)10-7(18)6(17)5(23-10)2-22-24(19,20)21/h3-7,10,17-18H,2,12H2,1H3,(H,13,15)(H2,19,20,21)/t5-,6-,7-,10-,11?/m1/s1. The van der Waals surface area contributed by atoms with E-state index in [1.807, 2.05) is 0 Å². The van der Waals surface area contributed by atoms with Crippen LogP contribution in [0.2, 0.25) is 0 Å². The number of aromatic nitrogens is 2. The van der Waals surface area contributed by atoms with Crippen molar-refractivity contribution in [3.8, 4) is 0 Å². The third-order valence-electron chi connectivity index (χ3n) is 3.83. The van der Waals surface area contributed by atoms with Gasteiger partial charge in [-0.2, -0.15) is 0 Å². The molecule has 3 rings (SSSR count). The monoisotopic (exact) mass is 363 g/mol. The van der Waals surface area contributed by atoms with Crippen molar-refractivity contribution in [1.29, 1.82) is 0 Å². The topological polar surface area (TPSA) is 185 Å². The molecule has 1 aromatic heterocycles. The van der Waals surface area contributed by atoms with Crippen LogP contribution in [0.1, 0.15) is 18.8 Å². The van der Waals surface area contributed by atoms with E-state index in [-0.39, 0.29) is 0 Å². The Bertz CT molecular complexity index is 701. The molecule has 7 N–H and O–H groups in total. The first-order valence-electron chi connectivity index (χ1n) is 6.98. The Morgan fingerprint density at radius 1 is 1.50 bits per heavy atom. The second-order valence-corrected chi connectivity index (χ2v) is 6.97. The predicted octanol–water partition coefficient (Wildman–Crippen LogP) is -1.80. The summed E-state index contributed by atoms with van der Waals surface area (Å²) in [5, 5.41) is 23.1. The number of anilines is 1. The lowest BCUT2D eigenvalue weighted by Crippen LogP contribution is -2.36. The number of hydrogen-bond acceptors (Lipinski definition) is 9. The van der Waals surface area contributed by atoms with E-state index in [1.54, 1.807) is 6.92 Å².